The lowest BCUT2D eigenvalue weighted by Crippen LogP contribution is -2.18. The number of thioether (sulfide) groups is 1. The van der Waals surface area contributed by atoms with Crippen LogP contribution >= 0.6 is 11.8 Å². The van der Waals surface area contributed by atoms with E-state index in [0.717, 1.165) is 5.75 Å². The van der Waals surface area contributed by atoms with Crippen LogP contribution in [0.5, 0.6) is 0 Å². The molecule has 3 heteroatoms. The van der Waals surface area contributed by atoms with E-state index in [9.17, 15) is 0 Å². The van der Waals surface area contributed by atoms with Crippen LogP contribution < -0.4 is 5.32 Å². The average Bonchev–Trinajstić information content (AvgIpc) is 2.42. The van der Waals surface area contributed by atoms with Crippen LogP contribution in [-0.2, 0) is 0 Å². The van der Waals surface area contributed by atoms with Crippen LogP contribution in [0, 0.1) is 6.92 Å². The third kappa shape index (κ3) is 3.59. The smallest absolute Gasteiger partial charge is 0.0412 e. The highest BCUT2D eigenvalue weighted by atomic mass is 32.2. The minimum Gasteiger partial charge on any atom is -0.312 e. The summed E-state index contributed by atoms with van der Waals surface area (Å²) in [5.74, 6) is 1.02. The molecule has 0 fully saturated rings. The first kappa shape index (κ1) is 13.1. The van der Waals surface area contributed by atoms with E-state index in [2.05, 4.69) is 41.5 Å². The van der Waals surface area contributed by atoms with Crippen molar-refractivity contribution >= 4 is 11.8 Å². The summed E-state index contributed by atoms with van der Waals surface area (Å²) in [7, 11) is 2.01. The van der Waals surface area contributed by atoms with Crippen molar-refractivity contribution in [2.75, 3.05) is 12.8 Å². The molecule has 2 nitrogen and oxygen atoms in total. The molecular weight excluding hydrogens is 240 g/mol. The predicted molar refractivity (Wildman–Crippen MR) is 77.9 cm³/mol. The van der Waals surface area contributed by atoms with E-state index in [4.69, 9.17) is 0 Å². The van der Waals surface area contributed by atoms with Gasteiger partial charge in [-0.25, -0.2) is 0 Å². The molecule has 1 aromatic heterocycles. The van der Waals surface area contributed by atoms with Crippen molar-refractivity contribution in [2.45, 2.75) is 17.9 Å². The zero-order valence-corrected chi connectivity index (χ0v) is 11.6. The Morgan fingerprint density at radius 1 is 1.11 bits per heavy atom. The third-order valence-electron chi connectivity index (χ3n) is 2.89. The number of nitrogens with one attached hydrogen (secondary N) is 1. The topological polar surface area (TPSA) is 24.9 Å². The summed E-state index contributed by atoms with van der Waals surface area (Å²) in [4.78, 5) is 5.29. The van der Waals surface area contributed by atoms with Gasteiger partial charge >= 0.3 is 0 Å². The van der Waals surface area contributed by atoms with Crippen LogP contribution in [-0.4, -0.2) is 17.8 Å². The largest absolute Gasteiger partial charge is 0.312 e. The van der Waals surface area contributed by atoms with Crippen molar-refractivity contribution < 1.29 is 0 Å². The van der Waals surface area contributed by atoms with Crippen molar-refractivity contribution in [1.29, 1.82) is 0 Å². The molecule has 0 aliphatic carbocycles. The van der Waals surface area contributed by atoms with Gasteiger partial charge in [-0.3, -0.25) is 4.98 Å². The number of rotatable bonds is 5. The molecule has 0 amide bonds. The minimum atomic E-state index is 0.378. The van der Waals surface area contributed by atoms with Crippen LogP contribution in [0.15, 0.2) is 53.7 Å². The summed E-state index contributed by atoms with van der Waals surface area (Å²) >= 11 is 1.85. The fourth-order valence-corrected chi connectivity index (χ4v) is 2.79. The standard InChI is InChI=1S/C15H18N2S/c1-12-3-5-13(6-4-12)15(16-2)11-18-14-7-9-17-10-8-14/h3-10,15-16H,11H2,1-2H3. The quantitative estimate of drug-likeness (QED) is 0.832. The number of hydrogen-bond donors (Lipinski definition) is 1. The Kier molecular flexibility index (Phi) is 4.79. The molecule has 0 bridgehead atoms. The summed E-state index contributed by atoms with van der Waals surface area (Å²) in [6, 6.07) is 13.2. The lowest BCUT2D eigenvalue weighted by atomic mass is 10.1. The molecule has 94 valence electrons. The van der Waals surface area contributed by atoms with E-state index < -0.39 is 0 Å². The summed E-state index contributed by atoms with van der Waals surface area (Å²) in [5, 5.41) is 3.37. The molecule has 1 N–H and O–H groups in total. The first-order chi connectivity index (χ1) is 8.79. The van der Waals surface area contributed by atoms with E-state index in [1.54, 1.807) is 0 Å². The molecule has 1 aromatic carbocycles. The van der Waals surface area contributed by atoms with Gasteiger partial charge in [0.25, 0.3) is 0 Å². The van der Waals surface area contributed by atoms with Crippen LogP contribution in [0.4, 0.5) is 0 Å². The zero-order chi connectivity index (χ0) is 12.8. The monoisotopic (exact) mass is 258 g/mol. The van der Waals surface area contributed by atoms with E-state index in [1.165, 1.54) is 16.0 Å². The first-order valence-electron chi connectivity index (χ1n) is 6.06. The number of hydrogen-bond acceptors (Lipinski definition) is 3. The number of nitrogens with zero attached hydrogens (tertiary/aromatic N) is 1. The van der Waals surface area contributed by atoms with Gasteiger partial charge in [-0.1, -0.05) is 29.8 Å². The maximum absolute atomic E-state index is 4.03. The van der Waals surface area contributed by atoms with Gasteiger partial charge in [0.1, 0.15) is 0 Å². The maximum atomic E-state index is 4.03. The van der Waals surface area contributed by atoms with Gasteiger partial charge in [0.2, 0.25) is 0 Å². The predicted octanol–water partition coefficient (Wildman–Crippen LogP) is 3.44. The van der Waals surface area contributed by atoms with E-state index in [-0.39, 0.29) is 0 Å². The van der Waals surface area contributed by atoms with Crippen LogP contribution in [0.1, 0.15) is 17.2 Å². The van der Waals surface area contributed by atoms with Gasteiger partial charge in [0.05, 0.1) is 0 Å². The van der Waals surface area contributed by atoms with Crippen LogP contribution in [0.3, 0.4) is 0 Å². The van der Waals surface area contributed by atoms with Crippen molar-refractivity contribution in [1.82, 2.24) is 10.3 Å². The van der Waals surface area contributed by atoms with Crippen molar-refractivity contribution in [2.24, 2.45) is 0 Å². The molecule has 18 heavy (non-hydrogen) atoms. The summed E-state index contributed by atoms with van der Waals surface area (Å²) < 4.78 is 0. The molecule has 0 radical (unpaired) electrons. The second-order valence-electron chi connectivity index (χ2n) is 4.25. The molecular formula is C15H18N2S. The second kappa shape index (κ2) is 6.57. The fourth-order valence-electron chi connectivity index (χ4n) is 1.76. The van der Waals surface area contributed by atoms with E-state index in [0.29, 0.717) is 6.04 Å². The Morgan fingerprint density at radius 2 is 1.78 bits per heavy atom. The molecule has 1 unspecified atom stereocenters. The van der Waals surface area contributed by atoms with Gasteiger partial charge in [-0.05, 0) is 31.7 Å². The Morgan fingerprint density at radius 3 is 2.39 bits per heavy atom. The molecule has 0 aliphatic heterocycles. The highest BCUT2D eigenvalue weighted by Gasteiger charge is 2.09. The van der Waals surface area contributed by atoms with Crippen molar-refractivity contribution in [3.05, 3.63) is 59.9 Å². The Hall–Kier alpha value is -1.32. The lowest BCUT2D eigenvalue weighted by Gasteiger charge is -2.16. The van der Waals surface area contributed by atoms with Gasteiger partial charge < -0.3 is 5.32 Å². The van der Waals surface area contributed by atoms with Gasteiger partial charge in [-0.15, -0.1) is 11.8 Å². The Labute approximate surface area is 113 Å². The summed E-state index contributed by atoms with van der Waals surface area (Å²) in [6.07, 6.45) is 3.67. The molecule has 0 aliphatic rings. The molecule has 2 aromatic rings. The maximum Gasteiger partial charge on any atom is 0.0412 e. The number of aryl methyl sites for hydroxylation is 1. The van der Waals surface area contributed by atoms with Gasteiger partial charge in [0, 0.05) is 29.1 Å². The number of pyridine rings is 1. The first-order valence-corrected chi connectivity index (χ1v) is 7.05. The van der Waals surface area contributed by atoms with Crippen LogP contribution in [0.2, 0.25) is 0 Å². The SMILES string of the molecule is CNC(CSc1ccncc1)c1ccc(C)cc1. The summed E-state index contributed by atoms with van der Waals surface area (Å²) in [6.45, 7) is 2.11. The molecule has 2 rings (SSSR count). The fraction of sp³-hybridized carbons (Fsp3) is 0.267. The zero-order valence-electron chi connectivity index (χ0n) is 10.8. The van der Waals surface area contributed by atoms with E-state index >= 15 is 0 Å². The second-order valence-corrected chi connectivity index (χ2v) is 5.34. The average molecular weight is 258 g/mol. The number of aromatic nitrogens is 1. The van der Waals surface area contributed by atoms with Gasteiger partial charge in [0.15, 0.2) is 0 Å². The lowest BCUT2D eigenvalue weighted by molar-refractivity contribution is 0.661. The minimum absolute atomic E-state index is 0.378. The van der Waals surface area contributed by atoms with Gasteiger partial charge in [-0.2, -0.15) is 0 Å². The molecule has 0 saturated carbocycles. The molecule has 0 saturated heterocycles. The van der Waals surface area contributed by atoms with Crippen LogP contribution in [0.25, 0.3) is 0 Å². The Bertz CT molecular complexity index is 468. The Balaban J connectivity index is 1.99. The third-order valence-corrected chi connectivity index (χ3v) is 4.00. The molecule has 1 atom stereocenters. The highest BCUT2D eigenvalue weighted by molar-refractivity contribution is 7.99. The molecule has 0 spiro atoms. The molecule has 1 heterocycles. The van der Waals surface area contributed by atoms with Crippen molar-refractivity contribution in [3.63, 3.8) is 0 Å². The highest BCUT2D eigenvalue weighted by Crippen LogP contribution is 2.24. The van der Waals surface area contributed by atoms with E-state index in [1.807, 2.05) is 43.3 Å². The number of benzene rings is 1. The normalized spacial score (nSPS) is 12.3. The summed E-state index contributed by atoms with van der Waals surface area (Å²) in [5.41, 5.74) is 2.64. The van der Waals surface area contributed by atoms with Crippen molar-refractivity contribution in [3.8, 4) is 0 Å².